The van der Waals surface area contributed by atoms with Crippen molar-refractivity contribution in [2.45, 2.75) is 6.42 Å². The first-order valence-electron chi connectivity index (χ1n) is 5.09. The van der Waals surface area contributed by atoms with Crippen LogP contribution in [0.2, 0.25) is 0 Å². The summed E-state index contributed by atoms with van der Waals surface area (Å²) in [7, 11) is 0. The molecule has 1 aromatic carbocycles. The van der Waals surface area contributed by atoms with Gasteiger partial charge in [0.25, 0.3) is 0 Å². The number of amides is 1. The van der Waals surface area contributed by atoms with Crippen LogP contribution in [0.25, 0.3) is 10.9 Å². The zero-order valence-electron chi connectivity index (χ0n) is 9.01. The summed E-state index contributed by atoms with van der Waals surface area (Å²) in [6, 6.07) is 9.38. The quantitative estimate of drug-likeness (QED) is 0.810. The molecule has 0 aliphatic heterocycles. The molecule has 0 atom stereocenters. The van der Waals surface area contributed by atoms with Crippen molar-refractivity contribution in [2.24, 2.45) is 5.73 Å². The van der Waals surface area contributed by atoms with Crippen LogP contribution >= 0.6 is 12.2 Å². The zero-order chi connectivity index (χ0) is 12.3. The van der Waals surface area contributed by atoms with Crippen molar-refractivity contribution < 1.29 is 4.79 Å². The molecule has 2 aromatic rings. The van der Waals surface area contributed by atoms with Crippen LogP contribution in [0.4, 0.5) is 5.69 Å². The van der Waals surface area contributed by atoms with E-state index >= 15 is 0 Å². The largest absolute Gasteiger partial charge is 0.393 e. The highest BCUT2D eigenvalue weighted by molar-refractivity contribution is 7.80. The normalized spacial score (nSPS) is 10.1. The molecule has 5 heteroatoms. The third-order valence-corrected chi connectivity index (χ3v) is 2.39. The molecule has 2 rings (SSSR count). The number of benzene rings is 1. The Balaban J connectivity index is 2.30. The molecule has 17 heavy (non-hydrogen) atoms. The first kappa shape index (κ1) is 11.5. The topological polar surface area (TPSA) is 68.0 Å². The van der Waals surface area contributed by atoms with Gasteiger partial charge < -0.3 is 11.1 Å². The van der Waals surface area contributed by atoms with Crippen LogP contribution in [0.3, 0.4) is 0 Å². The lowest BCUT2D eigenvalue weighted by Gasteiger charge is -2.07. The first-order valence-corrected chi connectivity index (χ1v) is 5.49. The molecule has 3 N–H and O–H groups in total. The maximum atomic E-state index is 11.6. The van der Waals surface area contributed by atoms with Gasteiger partial charge >= 0.3 is 0 Å². The number of para-hydroxylation sites is 1. The van der Waals surface area contributed by atoms with Crippen molar-refractivity contribution >= 4 is 39.7 Å². The van der Waals surface area contributed by atoms with Crippen LogP contribution in [0.15, 0.2) is 36.5 Å². The lowest BCUT2D eigenvalue weighted by Crippen LogP contribution is -2.20. The lowest BCUT2D eigenvalue weighted by molar-refractivity contribution is -0.115. The molecular formula is C12H11N3OS. The number of aromatic nitrogens is 1. The summed E-state index contributed by atoms with van der Waals surface area (Å²) in [6.07, 6.45) is 1.73. The number of hydrogen-bond donors (Lipinski definition) is 2. The molecule has 1 heterocycles. The minimum Gasteiger partial charge on any atom is -0.393 e. The van der Waals surface area contributed by atoms with Crippen molar-refractivity contribution in [3.05, 3.63) is 36.5 Å². The monoisotopic (exact) mass is 245 g/mol. The fourth-order valence-corrected chi connectivity index (χ4v) is 1.69. The number of carbonyl (C=O) groups is 1. The number of anilines is 1. The second-order valence-electron chi connectivity index (χ2n) is 3.57. The molecule has 4 nitrogen and oxygen atoms in total. The molecule has 0 bridgehead atoms. The number of nitrogens with zero attached hydrogens (tertiary/aromatic N) is 1. The molecule has 0 saturated heterocycles. The number of rotatable bonds is 3. The fraction of sp³-hybridized carbons (Fsp3) is 0.0833. The Morgan fingerprint density at radius 1 is 1.35 bits per heavy atom. The predicted octanol–water partition coefficient (Wildman–Crippen LogP) is 1.85. The summed E-state index contributed by atoms with van der Waals surface area (Å²) < 4.78 is 0. The number of hydrogen-bond acceptors (Lipinski definition) is 3. The van der Waals surface area contributed by atoms with E-state index in [4.69, 9.17) is 5.73 Å². The molecule has 0 unspecified atom stereocenters. The number of nitrogens with two attached hydrogens (primary N) is 1. The summed E-state index contributed by atoms with van der Waals surface area (Å²) >= 11 is 4.69. The van der Waals surface area contributed by atoms with Crippen LogP contribution in [0.5, 0.6) is 0 Å². The van der Waals surface area contributed by atoms with E-state index in [2.05, 4.69) is 22.5 Å². The second-order valence-corrected chi connectivity index (χ2v) is 4.10. The SMILES string of the molecule is NC(=S)CC(=O)Nc1cccc2cccnc12. The third-order valence-electron chi connectivity index (χ3n) is 2.24. The Morgan fingerprint density at radius 3 is 2.88 bits per heavy atom. The van der Waals surface area contributed by atoms with Crippen molar-refractivity contribution in [1.29, 1.82) is 0 Å². The molecule has 86 valence electrons. The van der Waals surface area contributed by atoms with Gasteiger partial charge in [0, 0.05) is 11.6 Å². The molecule has 0 saturated carbocycles. The first-order chi connectivity index (χ1) is 8.16. The summed E-state index contributed by atoms with van der Waals surface area (Å²) in [6.45, 7) is 0. The highest BCUT2D eigenvalue weighted by atomic mass is 32.1. The predicted molar refractivity (Wildman–Crippen MR) is 71.8 cm³/mol. The number of carbonyl (C=O) groups excluding carboxylic acids is 1. The van der Waals surface area contributed by atoms with E-state index in [0.29, 0.717) is 5.69 Å². The van der Waals surface area contributed by atoms with Crippen LogP contribution < -0.4 is 11.1 Å². The Bertz CT molecular complexity index is 577. The summed E-state index contributed by atoms with van der Waals surface area (Å²) in [5.41, 5.74) is 6.74. The molecule has 0 spiro atoms. The number of fused-ring (bicyclic) bond motifs is 1. The van der Waals surface area contributed by atoms with Crippen LogP contribution in [-0.4, -0.2) is 15.9 Å². The van der Waals surface area contributed by atoms with Gasteiger partial charge in [-0.05, 0) is 12.1 Å². The van der Waals surface area contributed by atoms with E-state index < -0.39 is 0 Å². The standard InChI is InChI=1S/C12H11N3OS/c13-10(17)7-11(16)15-9-5-1-3-8-4-2-6-14-12(8)9/h1-6H,7H2,(H2,13,17)(H,15,16). The molecule has 1 amide bonds. The highest BCUT2D eigenvalue weighted by Gasteiger charge is 2.07. The fourth-order valence-electron chi connectivity index (χ4n) is 1.56. The van der Waals surface area contributed by atoms with Gasteiger partial charge in [-0.2, -0.15) is 0 Å². The average Bonchev–Trinajstić information content (AvgIpc) is 2.28. The average molecular weight is 245 g/mol. The maximum absolute atomic E-state index is 11.6. The molecule has 0 radical (unpaired) electrons. The van der Waals surface area contributed by atoms with Crippen molar-refractivity contribution in [3.63, 3.8) is 0 Å². The van der Waals surface area contributed by atoms with Crippen LogP contribution in [-0.2, 0) is 4.79 Å². The van der Waals surface area contributed by atoms with E-state index in [9.17, 15) is 4.79 Å². The Morgan fingerprint density at radius 2 is 2.12 bits per heavy atom. The molecular weight excluding hydrogens is 234 g/mol. The third kappa shape index (κ3) is 2.76. The van der Waals surface area contributed by atoms with Gasteiger partial charge in [-0.3, -0.25) is 9.78 Å². The number of pyridine rings is 1. The summed E-state index contributed by atoms with van der Waals surface area (Å²) in [5.74, 6) is -0.226. The van der Waals surface area contributed by atoms with Gasteiger partial charge in [0.15, 0.2) is 0 Å². The van der Waals surface area contributed by atoms with Gasteiger partial charge in [0.2, 0.25) is 5.91 Å². The van der Waals surface area contributed by atoms with Crippen LogP contribution in [0.1, 0.15) is 6.42 Å². The maximum Gasteiger partial charge on any atom is 0.231 e. The van der Waals surface area contributed by atoms with Gasteiger partial charge in [0.1, 0.15) is 0 Å². The summed E-state index contributed by atoms with van der Waals surface area (Å²) in [4.78, 5) is 16.0. The smallest absolute Gasteiger partial charge is 0.231 e. The number of thiocarbonyl (C=S) groups is 1. The van der Waals surface area contributed by atoms with E-state index in [-0.39, 0.29) is 17.3 Å². The van der Waals surface area contributed by atoms with Gasteiger partial charge in [0.05, 0.1) is 22.6 Å². The minimum absolute atomic E-state index is 0.0402. The van der Waals surface area contributed by atoms with Gasteiger partial charge in [-0.15, -0.1) is 0 Å². The molecule has 1 aromatic heterocycles. The zero-order valence-corrected chi connectivity index (χ0v) is 9.83. The Kier molecular flexibility index (Phi) is 3.30. The van der Waals surface area contributed by atoms with Gasteiger partial charge in [-0.1, -0.05) is 30.4 Å². The second kappa shape index (κ2) is 4.88. The highest BCUT2D eigenvalue weighted by Crippen LogP contribution is 2.20. The van der Waals surface area contributed by atoms with Crippen molar-refractivity contribution in [1.82, 2.24) is 4.98 Å². The Labute approximate surface area is 104 Å². The molecule has 0 aliphatic carbocycles. The number of nitrogens with one attached hydrogen (secondary N) is 1. The van der Waals surface area contributed by atoms with Crippen molar-refractivity contribution in [3.8, 4) is 0 Å². The molecule has 0 fully saturated rings. The van der Waals surface area contributed by atoms with E-state index in [1.165, 1.54) is 0 Å². The van der Waals surface area contributed by atoms with Gasteiger partial charge in [-0.25, -0.2) is 0 Å². The summed E-state index contributed by atoms with van der Waals surface area (Å²) in [5, 5.41) is 3.72. The van der Waals surface area contributed by atoms with Crippen LogP contribution in [0, 0.1) is 0 Å². The lowest BCUT2D eigenvalue weighted by atomic mass is 10.2. The molecule has 0 aliphatic rings. The Hall–Kier alpha value is -2.01. The van der Waals surface area contributed by atoms with E-state index in [1.54, 1.807) is 12.3 Å². The van der Waals surface area contributed by atoms with E-state index in [1.807, 2.05) is 24.3 Å². The van der Waals surface area contributed by atoms with Crippen molar-refractivity contribution in [2.75, 3.05) is 5.32 Å². The van der Waals surface area contributed by atoms with E-state index in [0.717, 1.165) is 10.9 Å². The minimum atomic E-state index is -0.226.